The number of anilines is 1. The fourth-order valence-corrected chi connectivity index (χ4v) is 2.00. The number of nitrogens with one attached hydrogen (secondary N) is 1. The van der Waals surface area contributed by atoms with Crippen molar-refractivity contribution in [2.75, 3.05) is 18.5 Å². The van der Waals surface area contributed by atoms with Gasteiger partial charge >= 0.3 is 5.97 Å². The van der Waals surface area contributed by atoms with Crippen molar-refractivity contribution in [1.82, 2.24) is 4.98 Å². The zero-order valence-electron chi connectivity index (χ0n) is 14.0. The lowest BCUT2D eigenvalue weighted by atomic mass is 10.2. The summed E-state index contributed by atoms with van der Waals surface area (Å²) < 4.78 is 10.5. The van der Waals surface area contributed by atoms with Gasteiger partial charge in [-0.25, -0.2) is 9.78 Å². The van der Waals surface area contributed by atoms with Gasteiger partial charge in [-0.1, -0.05) is 25.4 Å². The molecule has 7 heteroatoms. The van der Waals surface area contributed by atoms with Crippen molar-refractivity contribution in [3.8, 4) is 5.75 Å². The van der Waals surface area contributed by atoms with Crippen molar-refractivity contribution in [2.45, 2.75) is 13.8 Å². The predicted octanol–water partition coefficient (Wildman–Crippen LogP) is 3.57. The average molecular weight is 363 g/mol. The smallest absolute Gasteiger partial charge is 0.338 e. The van der Waals surface area contributed by atoms with Crippen LogP contribution in [0.3, 0.4) is 0 Å². The van der Waals surface area contributed by atoms with E-state index in [0.29, 0.717) is 29.5 Å². The number of rotatable bonds is 7. The minimum absolute atomic E-state index is 0.166. The van der Waals surface area contributed by atoms with Crippen LogP contribution in [0.1, 0.15) is 24.2 Å². The summed E-state index contributed by atoms with van der Waals surface area (Å²) in [5.74, 6) is -0.00587. The number of halogens is 1. The molecule has 0 aliphatic carbocycles. The molecule has 0 bridgehead atoms. The number of amides is 1. The summed E-state index contributed by atoms with van der Waals surface area (Å²) in [5, 5.41) is 2.69. The van der Waals surface area contributed by atoms with E-state index in [4.69, 9.17) is 21.1 Å². The highest BCUT2D eigenvalue weighted by atomic mass is 35.5. The fourth-order valence-electron chi connectivity index (χ4n) is 1.83. The van der Waals surface area contributed by atoms with E-state index >= 15 is 0 Å². The molecule has 0 spiro atoms. The van der Waals surface area contributed by atoms with Gasteiger partial charge in [-0.2, -0.15) is 0 Å². The highest BCUT2D eigenvalue weighted by molar-refractivity contribution is 6.32. The van der Waals surface area contributed by atoms with E-state index in [1.807, 2.05) is 0 Å². The van der Waals surface area contributed by atoms with Gasteiger partial charge in [0.25, 0.3) is 5.91 Å². The number of benzene rings is 1. The van der Waals surface area contributed by atoms with Gasteiger partial charge in [0.2, 0.25) is 0 Å². The molecule has 1 heterocycles. The van der Waals surface area contributed by atoms with E-state index in [0.717, 1.165) is 0 Å². The Hall–Kier alpha value is -2.60. The summed E-state index contributed by atoms with van der Waals surface area (Å²) in [6, 6.07) is 9.80. The zero-order valence-corrected chi connectivity index (χ0v) is 14.7. The largest absolute Gasteiger partial charge is 0.493 e. The molecule has 0 unspecified atom stereocenters. The first kappa shape index (κ1) is 18.7. The molecule has 0 saturated heterocycles. The Labute approximate surface area is 151 Å². The van der Waals surface area contributed by atoms with Gasteiger partial charge in [-0.3, -0.25) is 4.79 Å². The Kier molecular flexibility index (Phi) is 6.77. The summed E-state index contributed by atoms with van der Waals surface area (Å²) in [4.78, 5) is 27.6. The third kappa shape index (κ3) is 6.08. The third-order valence-electron chi connectivity index (χ3n) is 3.04. The molecule has 1 N–H and O–H groups in total. The molecule has 0 aliphatic heterocycles. The molecule has 6 nitrogen and oxygen atoms in total. The molecular weight excluding hydrogens is 344 g/mol. The number of carbonyl (C=O) groups excluding carboxylic acids is 2. The second kappa shape index (κ2) is 9.03. The molecule has 1 aromatic carbocycles. The van der Waals surface area contributed by atoms with Gasteiger partial charge in [-0.05, 0) is 42.3 Å². The van der Waals surface area contributed by atoms with Gasteiger partial charge in [0.15, 0.2) is 11.8 Å². The second-order valence-electron chi connectivity index (χ2n) is 5.70. The first-order chi connectivity index (χ1) is 12.0. The molecule has 0 fully saturated rings. The van der Waals surface area contributed by atoms with Crippen LogP contribution in [-0.4, -0.2) is 30.1 Å². The normalized spacial score (nSPS) is 10.4. The SMILES string of the molecule is CC(C)COc1ccc(C(=O)OCC(=O)Nc2cccnc2Cl)cc1. The molecule has 2 rings (SSSR count). The summed E-state index contributed by atoms with van der Waals surface area (Å²) in [6.45, 7) is 4.28. The maximum Gasteiger partial charge on any atom is 0.338 e. The van der Waals surface area contributed by atoms with Gasteiger partial charge in [0, 0.05) is 6.20 Å². The van der Waals surface area contributed by atoms with Crippen molar-refractivity contribution in [2.24, 2.45) is 5.92 Å². The molecular formula is C18H19ClN2O4. The molecule has 0 aliphatic rings. The Balaban J connectivity index is 1.83. The van der Waals surface area contributed by atoms with Crippen molar-refractivity contribution < 1.29 is 19.1 Å². The monoisotopic (exact) mass is 362 g/mol. The zero-order chi connectivity index (χ0) is 18.2. The molecule has 132 valence electrons. The van der Waals surface area contributed by atoms with E-state index in [2.05, 4.69) is 24.1 Å². The molecule has 1 amide bonds. The van der Waals surface area contributed by atoms with Crippen LogP contribution < -0.4 is 10.1 Å². The second-order valence-corrected chi connectivity index (χ2v) is 6.05. The van der Waals surface area contributed by atoms with E-state index in [-0.39, 0.29) is 5.15 Å². The number of aromatic nitrogens is 1. The number of carbonyl (C=O) groups is 2. The molecule has 0 atom stereocenters. The maximum absolute atomic E-state index is 12.0. The lowest BCUT2D eigenvalue weighted by molar-refractivity contribution is -0.119. The maximum atomic E-state index is 12.0. The van der Waals surface area contributed by atoms with Crippen molar-refractivity contribution in [3.05, 3.63) is 53.3 Å². The van der Waals surface area contributed by atoms with Crippen LogP contribution in [0.4, 0.5) is 5.69 Å². The van der Waals surface area contributed by atoms with Crippen LogP contribution in [0.25, 0.3) is 0 Å². The van der Waals surface area contributed by atoms with Crippen LogP contribution in [0, 0.1) is 5.92 Å². The van der Waals surface area contributed by atoms with E-state index in [1.54, 1.807) is 36.4 Å². The van der Waals surface area contributed by atoms with Gasteiger partial charge in [-0.15, -0.1) is 0 Å². The standard InChI is InChI=1S/C18H19ClN2O4/c1-12(2)10-24-14-7-5-13(6-8-14)18(23)25-11-16(22)21-15-4-3-9-20-17(15)19/h3-9,12H,10-11H2,1-2H3,(H,21,22). The van der Waals surface area contributed by atoms with Crippen LogP contribution in [0.2, 0.25) is 5.15 Å². The third-order valence-corrected chi connectivity index (χ3v) is 3.34. The van der Waals surface area contributed by atoms with Gasteiger partial charge < -0.3 is 14.8 Å². The summed E-state index contributed by atoms with van der Waals surface area (Å²) in [5.41, 5.74) is 0.695. The minimum atomic E-state index is -0.595. The Morgan fingerprint density at radius 2 is 1.92 bits per heavy atom. The molecule has 25 heavy (non-hydrogen) atoms. The number of pyridine rings is 1. The lowest BCUT2D eigenvalue weighted by Gasteiger charge is -2.09. The van der Waals surface area contributed by atoms with Crippen LogP contribution in [0.15, 0.2) is 42.6 Å². The van der Waals surface area contributed by atoms with Crippen molar-refractivity contribution in [1.29, 1.82) is 0 Å². The number of hydrogen-bond donors (Lipinski definition) is 1. The van der Waals surface area contributed by atoms with E-state index < -0.39 is 18.5 Å². The number of ether oxygens (including phenoxy) is 2. The Bertz CT molecular complexity index is 732. The average Bonchev–Trinajstić information content (AvgIpc) is 2.60. The van der Waals surface area contributed by atoms with Crippen LogP contribution in [0.5, 0.6) is 5.75 Å². The minimum Gasteiger partial charge on any atom is -0.493 e. The highest BCUT2D eigenvalue weighted by Gasteiger charge is 2.12. The first-order valence-corrected chi connectivity index (χ1v) is 8.14. The summed E-state index contributed by atoms with van der Waals surface area (Å²) >= 11 is 5.84. The number of hydrogen-bond acceptors (Lipinski definition) is 5. The Morgan fingerprint density at radius 3 is 2.56 bits per heavy atom. The number of esters is 1. The molecule has 1 aromatic heterocycles. The fraction of sp³-hybridized carbons (Fsp3) is 0.278. The van der Waals surface area contributed by atoms with Crippen molar-refractivity contribution in [3.63, 3.8) is 0 Å². The van der Waals surface area contributed by atoms with Crippen LogP contribution >= 0.6 is 11.6 Å². The predicted molar refractivity (Wildman–Crippen MR) is 94.9 cm³/mol. The van der Waals surface area contributed by atoms with Crippen LogP contribution in [-0.2, 0) is 9.53 Å². The highest BCUT2D eigenvalue weighted by Crippen LogP contribution is 2.17. The molecule has 0 saturated carbocycles. The topological polar surface area (TPSA) is 77.5 Å². The van der Waals surface area contributed by atoms with E-state index in [1.165, 1.54) is 6.20 Å². The van der Waals surface area contributed by atoms with Gasteiger partial charge in [0.1, 0.15) is 5.75 Å². The number of nitrogens with zero attached hydrogens (tertiary/aromatic N) is 1. The van der Waals surface area contributed by atoms with Gasteiger partial charge in [0.05, 0.1) is 17.9 Å². The van der Waals surface area contributed by atoms with Crippen molar-refractivity contribution >= 4 is 29.2 Å². The lowest BCUT2D eigenvalue weighted by Crippen LogP contribution is -2.21. The van der Waals surface area contributed by atoms with E-state index in [9.17, 15) is 9.59 Å². The summed E-state index contributed by atoms with van der Waals surface area (Å²) in [6.07, 6.45) is 1.51. The quantitative estimate of drug-likeness (QED) is 0.602. The first-order valence-electron chi connectivity index (χ1n) is 7.76. The Morgan fingerprint density at radius 1 is 1.20 bits per heavy atom. The molecule has 2 aromatic rings. The summed E-state index contributed by atoms with van der Waals surface area (Å²) in [7, 11) is 0. The molecule has 0 radical (unpaired) electrons.